The fraction of sp³-hybridized carbons (Fsp3) is 0.294. The molecule has 4 heteroatoms. The lowest BCUT2D eigenvalue weighted by Crippen LogP contribution is -2.15. The molecule has 2 aromatic rings. The highest BCUT2D eigenvalue weighted by Crippen LogP contribution is 2.28. The summed E-state index contributed by atoms with van der Waals surface area (Å²) in [5.74, 6) is 0.602. The number of amides is 1. The number of carbonyl (C=O) groups is 1. The molecule has 2 N–H and O–H groups in total. The second kappa shape index (κ2) is 5.95. The molecule has 0 spiro atoms. The van der Waals surface area contributed by atoms with Crippen molar-refractivity contribution < 1.29 is 4.79 Å². The largest absolute Gasteiger partial charge is 0.373 e. The van der Waals surface area contributed by atoms with Crippen LogP contribution >= 0.6 is 0 Å². The number of anilines is 2. The van der Waals surface area contributed by atoms with E-state index in [1.54, 1.807) is 25.4 Å². The van der Waals surface area contributed by atoms with Crippen molar-refractivity contribution in [3.63, 3.8) is 0 Å². The second-order valence-electron chi connectivity index (χ2n) is 5.28. The number of rotatable bonds is 3. The number of benzene rings is 1. The molecule has 4 nitrogen and oxygen atoms in total. The normalized spacial score (nSPS) is 13.4. The molecule has 3 rings (SSSR count). The van der Waals surface area contributed by atoms with E-state index in [4.69, 9.17) is 0 Å². The van der Waals surface area contributed by atoms with Crippen molar-refractivity contribution in [3.05, 3.63) is 53.2 Å². The maximum absolute atomic E-state index is 12.4. The van der Waals surface area contributed by atoms with E-state index in [0.29, 0.717) is 11.4 Å². The summed E-state index contributed by atoms with van der Waals surface area (Å²) in [5, 5.41) is 5.99. The molecular formula is C17H19N3O. The van der Waals surface area contributed by atoms with Crippen LogP contribution in [0.1, 0.15) is 34.3 Å². The van der Waals surface area contributed by atoms with Gasteiger partial charge in [0.05, 0.1) is 0 Å². The van der Waals surface area contributed by atoms with Gasteiger partial charge in [-0.05, 0) is 55.0 Å². The fourth-order valence-corrected chi connectivity index (χ4v) is 2.80. The van der Waals surface area contributed by atoms with Crippen molar-refractivity contribution in [1.29, 1.82) is 0 Å². The maximum atomic E-state index is 12.4. The van der Waals surface area contributed by atoms with E-state index in [1.807, 2.05) is 12.1 Å². The standard InChI is InChI=1S/C17H19N3O/c1-18-16-11-13(9-10-19-16)17(21)20-15-8-4-6-12-5-2-3-7-14(12)15/h4,6,8-11H,2-3,5,7H2,1H3,(H,18,19)(H,20,21). The van der Waals surface area contributed by atoms with E-state index in [0.717, 1.165) is 18.5 Å². The van der Waals surface area contributed by atoms with Gasteiger partial charge in [-0.2, -0.15) is 0 Å². The molecule has 21 heavy (non-hydrogen) atoms. The van der Waals surface area contributed by atoms with Gasteiger partial charge in [-0.3, -0.25) is 4.79 Å². The third-order valence-corrected chi connectivity index (χ3v) is 3.92. The molecule has 108 valence electrons. The summed E-state index contributed by atoms with van der Waals surface area (Å²) >= 11 is 0. The third kappa shape index (κ3) is 2.89. The Kier molecular flexibility index (Phi) is 3.86. The zero-order chi connectivity index (χ0) is 14.7. The van der Waals surface area contributed by atoms with E-state index in [-0.39, 0.29) is 5.91 Å². The minimum atomic E-state index is -0.0899. The lowest BCUT2D eigenvalue weighted by Gasteiger charge is -2.19. The molecule has 1 aromatic heterocycles. The van der Waals surface area contributed by atoms with Crippen LogP contribution in [0.2, 0.25) is 0 Å². The van der Waals surface area contributed by atoms with Crippen LogP contribution in [0, 0.1) is 0 Å². The Bertz CT molecular complexity index is 667. The number of aryl methyl sites for hydroxylation is 1. The quantitative estimate of drug-likeness (QED) is 0.908. The Morgan fingerprint density at radius 2 is 2.05 bits per heavy atom. The number of fused-ring (bicyclic) bond motifs is 1. The molecular weight excluding hydrogens is 262 g/mol. The van der Waals surface area contributed by atoms with Gasteiger partial charge in [-0.25, -0.2) is 4.98 Å². The van der Waals surface area contributed by atoms with Crippen molar-refractivity contribution in [3.8, 4) is 0 Å². The molecule has 0 saturated heterocycles. The Balaban J connectivity index is 1.84. The molecule has 0 atom stereocenters. The van der Waals surface area contributed by atoms with Crippen LogP contribution in [0.5, 0.6) is 0 Å². The van der Waals surface area contributed by atoms with Gasteiger partial charge in [0.1, 0.15) is 5.82 Å². The number of hydrogen-bond donors (Lipinski definition) is 2. The number of nitrogens with zero attached hydrogens (tertiary/aromatic N) is 1. The fourth-order valence-electron chi connectivity index (χ4n) is 2.80. The van der Waals surface area contributed by atoms with Gasteiger partial charge < -0.3 is 10.6 Å². The Labute approximate surface area is 124 Å². The zero-order valence-corrected chi connectivity index (χ0v) is 12.1. The minimum absolute atomic E-state index is 0.0899. The molecule has 0 aliphatic heterocycles. The number of nitrogens with one attached hydrogen (secondary N) is 2. The van der Waals surface area contributed by atoms with Gasteiger partial charge in [-0.1, -0.05) is 12.1 Å². The zero-order valence-electron chi connectivity index (χ0n) is 12.1. The summed E-state index contributed by atoms with van der Waals surface area (Å²) in [6.07, 6.45) is 6.22. The summed E-state index contributed by atoms with van der Waals surface area (Å²) in [5.41, 5.74) is 4.22. The number of pyridine rings is 1. The molecule has 1 aromatic carbocycles. The molecule has 0 radical (unpaired) electrons. The monoisotopic (exact) mass is 281 g/mol. The molecule has 1 aliphatic carbocycles. The highest BCUT2D eigenvalue weighted by molar-refractivity contribution is 6.05. The van der Waals surface area contributed by atoms with Gasteiger partial charge in [0.25, 0.3) is 5.91 Å². The van der Waals surface area contributed by atoms with Crippen molar-refractivity contribution >= 4 is 17.4 Å². The average molecular weight is 281 g/mol. The highest BCUT2D eigenvalue weighted by Gasteiger charge is 2.15. The van der Waals surface area contributed by atoms with Gasteiger partial charge in [0.15, 0.2) is 0 Å². The topological polar surface area (TPSA) is 54.0 Å². The smallest absolute Gasteiger partial charge is 0.255 e. The predicted octanol–water partition coefficient (Wildman–Crippen LogP) is 3.25. The predicted molar refractivity (Wildman–Crippen MR) is 84.8 cm³/mol. The summed E-state index contributed by atoms with van der Waals surface area (Å²) in [4.78, 5) is 16.5. The molecule has 1 aliphatic rings. The summed E-state index contributed by atoms with van der Waals surface area (Å²) < 4.78 is 0. The Hall–Kier alpha value is -2.36. The number of hydrogen-bond acceptors (Lipinski definition) is 3. The van der Waals surface area contributed by atoms with Gasteiger partial charge in [0.2, 0.25) is 0 Å². The van der Waals surface area contributed by atoms with Crippen LogP contribution in [-0.2, 0) is 12.8 Å². The van der Waals surface area contributed by atoms with Crippen molar-refractivity contribution in [1.82, 2.24) is 4.98 Å². The van der Waals surface area contributed by atoms with E-state index >= 15 is 0 Å². The van der Waals surface area contributed by atoms with E-state index < -0.39 is 0 Å². The Morgan fingerprint density at radius 3 is 2.90 bits per heavy atom. The van der Waals surface area contributed by atoms with Crippen molar-refractivity contribution in [2.75, 3.05) is 17.7 Å². The van der Waals surface area contributed by atoms with Crippen molar-refractivity contribution in [2.24, 2.45) is 0 Å². The lowest BCUT2D eigenvalue weighted by atomic mass is 9.90. The summed E-state index contributed by atoms with van der Waals surface area (Å²) in [6.45, 7) is 0. The highest BCUT2D eigenvalue weighted by atomic mass is 16.1. The lowest BCUT2D eigenvalue weighted by molar-refractivity contribution is 0.102. The molecule has 1 amide bonds. The number of carbonyl (C=O) groups excluding carboxylic acids is 1. The number of aromatic nitrogens is 1. The van der Waals surface area contributed by atoms with E-state index in [2.05, 4.69) is 21.7 Å². The van der Waals surface area contributed by atoms with Gasteiger partial charge in [0, 0.05) is 24.5 Å². The SMILES string of the molecule is CNc1cc(C(=O)Nc2cccc3c2CCCC3)ccn1. The molecule has 0 fully saturated rings. The van der Waals surface area contributed by atoms with Crippen LogP contribution < -0.4 is 10.6 Å². The van der Waals surface area contributed by atoms with Crippen LogP contribution in [0.25, 0.3) is 0 Å². The summed E-state index contributed by atoms with van der Waals surface area (Å²) in [6, 6.07) is 9.65. The molecule has 0 unspecified atom stereocenters. The summed E-state index contributed by atoms with van der Waals surface area (Å²) in [7, 11) is 1.79. The first kappa shape index (κ1) is 13.6. The molecule has 1 heterocycles. The first-order chi connectivity index (χ1) is 10.3. The van der Waals surface area contributed by atoms with E-state index in [9.17, 15) is 4.79 Å². The van der Waals surface area contributed by atoms with Crippen LogP contribution in [-0.4, -0.2) is 17.9 Å². The van der Waals surface area contributed by atoms with Crippen LogP contribution in [0.15, 0.2) is 36.5 Å². The molecule has 0 bridgehead atoms. The van der Waals surface area contributed by atoms with Crippen molar-refractivity contribution in [2.45, 2.75) is 25.7 Å². The maximum Gasteiger partial charge on any atom is 0.255 e. The van der Waals surface area contributed by atoms with Crippen LogP contribution in [0.4, 0.5) is 11.5 Å². The first-order valence-corrected chi connectivity index (χ1v) is 7.34. The first-order valence-electron chi connectivity index (χ1n) is 7.34. The second-order valence-corrected chi connectivity index (χ2v) is 5.28. The Morgan fingerprint density at radius 1 is 1.19 bits per heavy atom. The molecule has 0 saturated carbocycles. The van der Waals surface area contributed by atoms with Crippen LogP contribution in [0.3, 0.4) is 0 Å². The van der Waals surface area contributed by atoms with Gasteiger partial charge in [-0.15, -0.1) is 0 Å². The van der Waals surface area contributed by atoms with E-state index in [1.165, 1.54) is 24.0 Å². The average Bonchev–Trinajstić information content (AvgIpc) is 2.55. The van der Waals surface area contributed by atoms with Gasteiger partial charge >= 0.3 is 0 Å². The third-order valence-electron chi connectivity index (χ3n) is 3.92. The minimum Gasteiger partial charge on any atom is -0.373 e.